The van der Waals surface area contributed by atoms with Crippen LogP contribution in [0.1, 0.15) is 29.9 Å². The summed E-state index contributed by atoms with van der Waals surface area (Å²) in [5, 5.41) is 7.79. The maximum atomic E-state index is 12.4. The molecule has 0 aliphatic rings. The quantitative estimate of drug-likeness (QED) is 0.727. The second-order valence-corrected chi connectivity index (χ2v) is 6.56. The first-order chi connectivity index (χ1) is 11.9. The number of benzene rings is 1. The summed E-state index contributed by atoms with van der Waals surface area (Å²) in [5.74, 6) is 0.706. The number of anilines is 1. The Hall–Kier alpha value is -2.60. The van der Waals surface area contributed by atoms with Gasteiger partial charge in [-0.15, -0.1) is 0 Å². The molecule has 3 rings (SSSR count). The van der Waals surface area contributed by atoms with Gasteiger partial charge in [0.1, 0.15) is 5.75 Å². The smallest absolute Gasteiger partial charge is 0.257 e. The van der Waals surface area contributed by atoms with Gasteiger partial charge in [-0.1, -0.05) is 30.6 Å². The number of fused-ring (bicyclic) bond motifs is 1. The van der Waals surface area contributed by atoms with Gasteiger partial charge in [0.05, 0.1) is 28.3 Å². The lowest BCUT2D eigenvalue weighted by atomic mass is 10.2. The normalized spacial score (nSPS) is 11.1. The van der Waals surface area contributed by atoms with E-state index >= 15 is 0 Å². The topological polar surface area (TPSA) is 77.2 Å². The van der Waals surface area contributed by atoms with Gasteiger partial charge >= 0.3 is 0 Å². The number of pyridine rings is 1. The Kier molecular flexibility index (Phi) is 4.90. The van der Waals surface area contributed by atoms with E-state index in [2.05, 4.69) is 29.3 Å². The van der Waals surface area contributed by atoms with Crippen LogP contribution in [0.4, 0.5) is 5.69 Å². The highest BCUT2D eigenvalue weighted by Crippen LogP contribution is 2.28. The van der Waals surface area contributed by atoms with E-state index in [1.54, 1.807) is 31.2 Å². The lowest BCUT2D eigenvalue weighted by molar-refractivity contribution is 0.102. The van der Waals surface area contributed by atoms with Crippen LogP contribution in [-0.4, -0.2) is 22.7 Å². The maximum absolute atomic E-state index is 12.4. The van der Waals surface area contributed by atoms with Gasteiger partial charge in [0.2, 0.25) is 0 Å². The van der Waals surface area contributed by atoms with Crippen molar-refractivity contribution in [3.63, 3.8) is 0 Å². The molecule has 7 heteroatoms. The number of halogens is 1. The van der Waals surface area contributed by atoms with Gasteiger partial charge in [0.25, 0.3) is 11.6 Å². The van der Waals surface area contributed by atoms with Crippen LogP contribution >= 0.6 is 11.6 Å². The van der Waals surface area contributed by atoms with Crippen molar-refractivity contribution in [1.82, 2.24) is 10.1 Å². The molecule has 25 heavy (non-hydrogen) atoms. The predicted molar refractivity (Wildman–Crippen MR) is 96.3 cm³/mol. The molecule has 0 spiro atoms. The third-order valence-electron chi connectivity index (χ3n) is 3.53. The van der Waals surface area contributed by atoms with Gasteiger partial charge < -0.3 is 14.6 Å². The molecular weight excluding hydrogens is 342 g/mol. The highest BCUT2D eigenvalue weighted by molar-refractivity contribution is 6.32. The molecule has 0 radical (unpaired) electrons. The van der Waals surface area contributed by atoms with Crippen LogP contribution in [0.2, 0.25) is 5.02 Å². The van der Waals surface area contributed by atoms with E-state index in [0.29, 0.717) is 51.3 Å². The van der Waals surface area contributed by atoms with Gasteiger partial charge in [-0.05, 0) is 37.1 Å². The molecule has 0 unspecified atom stereocenters. The molecule has 0 aliphatic carbocycles. The van der Waals surface area contributed by atoms with Gasteiger partial charge in [0, 0.05) is 11.9 Å². The van der Waals surface area contributed by atoms with Crippen LogP contribution in [-0.2, 0) is 0 Å². The molecule has 0 saturated heterocycles. The van der Waals surface area contributed by atoms with Crippen LogP contribution in [0.15, 0.2) is 35.0 Å². The molecule has 0 atom stereocenters. The van der Waals surface area contributed by atoms with Gasteiger partial charge in [0.15, 0.2) is 0 Å². The Morgan fingerprint density at radius 3 is 2.88 bits per heavy atom. The van der Waals surface area contributed by atoms with Crippen molar-refractivity contribution in [1.29, 1.82) is 0 Å². The van der Waals surface area contributed by atoms with Gasteiger partial charge in [-0.3, -0.25) is 4.79 Å². The summed E-state index contributed by atoms with van der Waals surface area (Å²) in [5.41, 5.74) is 2.08. The first-order valence-corrected chi connectivity index (χ1v) is 8.27. The molecule has 6 nitrogen and oxygen atoms in total. The molecule has 2 heterocycles. The number of nitrogens with zero attached hydrogens (tertiary/aromatic N) is 2. The van der Waals surface area contributed by atoms with Crippen molar-refractivity contribution >= 4 is 34.3 Å². The number of aromatic nitrogens is 2. The van der Waals surface area contributed by atoms with E-state index in [4.69, 9.17) is 20.9 Å². The Morgan fingerprint density at radius 1 is 1.36 bits per heavy atom. The fourth-order valence-corrected chi connectivity index (χ4v) is 2.46. The van der Waals surface area contributed by atoms with E-state index in [1.165, 1.54) is 6.20 Å². The molecule has 1 aromatic carbocycles. The third kappa shape index (κ3) is 3.91. The minimum Gasteiger partial charge on any atom is -0.492 e. The molecule has 130 valence electrons. The number of nitrogens with one attached hydrogen (secondary N) is 1. The fraction of sp³-hybridized carbons (Fsp3) is 0.278. The summed E-state index contributed by atoms with van der Waals surface area (Å²) in [4.78, 5) is 16.5. The molecule has 0 aliphatic heterocycles. The van der Waals surface area contributed by atoms with Crippen molar-refractivity contribution in [2.45, 2.75) is 20.8 Å². The molecule has 3 aromatic rings. The lowest BCUT2D eigenvalue weighted by Crippen LogP contribution is -2.12. The van der Waals surface area contributed by atoms with Gasteiger partial charge in [-0.2, -0.15) is 0 Å². The van der Waals surface area contributed by atoms with Crippen LogP contribution in [0, 0.1) is 12.8 Å². The van der Waals surface area contributed by atoms with Crippen molar-refractivity contribution in [3.8, 4) is 5.75 Å². The van der Waals surface area contributed by atoms with E-state index in [9.17, 15) is 4.79 Å². The summed E-state index contributed by atoms with van der Waals surface area (Å²) in [7, 11) is 0. The van der Waals surface area contributed by atoms with Gasteiger partial charge in [-0.25, -0.2) is 4.98 Å². The van der Waals surface area contributed by atoms with E-state index in [-0.39, 0.29) is 5.91 Å². The summed E-state index contributed by atoms with van der Waals surface area (Å²) >= 11 is 6.22. The molecule has 1 N–H and O–H groups in total. The standard InChI is InChI=1S/C18H18ClN3O3/c1-10(2)9-24-16-5-4-13(7-15(16)19)21-17(23)12-6-14-11(3)22-25-18(14)20-8-12/h4-8,10H,9H2,1-3H3,(H,21,23). The molecule has 0 fully saturated rings. The second kappa shape index (κ2) is 7.11. The predicted octanol–water partition coefficient (Wildman–Crippen LogP) is 4.47. The number of ether oxygens (including phenoxy) is 1. The van der Waals surface area contributed by atoms with Crippen LogP contribution in [0.25, 0.3) is 11.1 Å². The van der Waals surface area contributed by atoms with Crippen LogP contribution in [0.3, 0.4) is 0 Å². The number of carbonyl (C=O) groups is 1. The lowest BCUT2D eigenvalue weighted by Gasteiger charge is -2.12. The maximum Gasteiger partial charge on any atom is 0.257 e. The van der Waals surface area contributed by atoms with Crippen LogP contribution < -0.4 is 10.1 Å². The molecule has 0 saturated carbocycles. The first-order valence-electron chi connectivity index (χ1n) is 7.90. The Morgan fingerprint density at radius 2 is 2.16 bits per heavy atom. The highest BCUT2D eigenvalue weighted by atomic mass is 35.5. The van der Waals surface area contributed by atoms with E-state index in [0.717, 1.165) is 0 Å². The fourth-order valence-electron chi connectivity index (χ4n) is 2.22. The number of aryl methyl sites for hydroxylation is 1. The van der Waals surface area contributed by atoms with Crippen molar-refractivity contribution in [2.24, 2.45) is 5.92 Å². The number of hydrogen-bond donors (Lipinski definition) is 1. The van der Waals surface area contributed by atoms with Crippen molar-refractivity contribution in [2.75, 3.05) is 11.9 Å². The first kappa shape index (κ1) is 17.2. The molecular formula is C18H18ClN3O3. The zero-order valence-corrected chi connectivity index (χ0v) is 14.9. The minimum absolute atomic E-state index is 0.290. The zero-order valence-electron chi connectivity index (χ0n) is 14.2. The minimum atomic E-state index is -0.290. The number of amides is 1. The number of hydrogen-bond acceptors (Lipinski definition) is 5. The average molecular weight is 360 g/mol. The van der Waals surface area contributed by atoms with E-state index < -0.39 is 0 Å². The second-order valence-electron chi connectivity index (χ2n) is 6.15. The molecule has 1 amide bonds. The van der Waals surface area contributed by atoms with Crippen LogP contribution in [0.5, 0.6) is 5.75 Å². The summed E-state index contributed by atoms with van der Waals surface area (Å²) in [6.07, 6.45) is 1.45. The number of carbonyl (C=O) groups excluding carboxylic acids is 1. The number of rotatable bonds is 5. The summed E-state index contributed by atoms with van der Waals surface area (Å²) < 4.78 is 10.7. The highest BCUT2D eigenvalue weighted by Gasteiger charge is 2.13. The Balaban J connectivity index is 1.75. The third-order valence-corrected chi connectivity index (χ3v) is 3.83. The van der Waals surface area contributed by atoms with Crippen molar-refractivity contribution in [3.05, 3.63) is 46.7 Å². The summed E-state index contributed by atoms with van der Waals surface area (Å²) in [6, 6.07) is 6.85. The van der Waals surface area contributed by atoms with Crippen molar-refractivity contribution < 1.29 is 14.1 Å². The zero-order chi connectivity index (χ0) is 18.0. The van der Waals surface area contributed by atoms with E-state index in [1.807, 2.05) is 0 Å². The SMILES string of the molecule is Cc1noc2ncc(C(=O)Nc3ccc(OCC(C)C)c(Cl)c3)cc12. The Bertz CT molecular complexity index is 921. The largest absolute Gasteiger partial charge is 0.492 e. The molecule has 2 aromatic heterocycles. The molecule has 0 bridgehead atoms. The summed E-state index contributed by atoms with van der Waals surface area (Å²) in [6.45, 7) is 6.50. The monoisotopic (exact) mass is 359 g/mol. The Labute approximate surface area is 150 Å². The average Bonchev–Trinajstić information content (AvgIpc) is 2.94.